The van der Waals surface area contributed by atoms with Crippen molar-refractivity contribution in [2.24, 2.45) is 11.8 Å². The lowest BCUT2D eigenvalue weighted by atomic mass is 9.80. The van der Waals surface area contributed by atoms with Gasteiger partial charge in [-0.2, -0.15) is 13.2 Å². The molecule has 1 aliphatic carbocycles. The number of ether oxygens (including phenoxy) is 1. The van der Waals surface area contributed by atoms with Gasteiger partial charge in [-0.15, -0.1) is 0 Å². The molecule has 0 spiro atoms. The molecular weight excluding hydrogens is 533 g/mol. The van der Waals surface area contributed by atoms with Crippen molar-refractivity contribution >= 4 is 11.9 Å². The molecule has 0 aromatic heterocycles. The van der Waals surface area contributed by atoms with Gasteiger partial charge in [-0.1, -0.05) is 68.5 Å². The van der Waals surface area contributed by atoms with E-state index in [9.17, 15) is 18.0 Å². The molecule has 2 bridgehead atoms. The summed E-state index contributed by atoms with van der Waals surface area (Å²) >= 11 is 0. The fourth-order valence-corrected chi connectivity index (χ4v) is 7.41. The highest BCUT2D eigenvalue weighted by atomic mass is 19.4. The largest absolute Gasteiger partial charge is 0.542 e. The Hall–Kier alpha value is -3.07. The number of piperidine rings is 3. The van der Waals surface area contributed by atoms with Crippen LogP contribution in [-0.2, 0) is 9.59 Å². The van der Waals surface area contributed by atoms with Crippen LogP contribution in [-0.4, -0.2) is 54.8 Å². The summed E-state index contributed by atoms with van der Waals surface area (Å²) in [6, 6.07) is 16.3. The summed E-state index contributed by atoms with van der Waals surface area (Å²) in [4.78, 5) is 22.6. The van der Waals surface area contributed by atoms with Crippen molar-refractivity contribution in [3.8, 4) is 11.5 Å². The molecule has 4 heterocycles. The van der Waals surface area contributed by atoms with E-state index >= 15 is 0 Å². The summed E-state index contributed by atoms with van der Waals surface area (Å²) in [5.74, 6) is 0.0557. The normalized spacial score (nSPS) is 25.6. The molecule has 5 aliphatic rings. The molecule has 7 rings (SSSR count). The van der Waals surface area contributed by atoms with Gasteiger partial charge in [0.1, 0.15) is 17.5 Å². The van der Waals surface area contributed by atoms with Gasteiger partial charge in [0.15, 0.2) is 0 Å². The van der Waals surface area contributed by atoms with E-state index in [1.54, 1.807) is 0 Å². The number of hydrogen-bond donors (Lipinski definition) is 1. The quantitative estimate of drug-likeness (QED) is 0.476. The molecule has 0 radical (unpaired) electrons. The van der Waals surface area contributed by atoms with Crippen LogP contribution in [0.25, 0.3) is 0 Å². The number of amides is 1. The summed E-state index contributed by atoms with van der Waals surface area (Å²) < 4.78 is 38.9. The first-order chi connectivity index (χ1) is 19.7. The summed E-state index contributed by atoms with van der Waals surface area (Å²) in [7, 11) is 0. The van der Waals surface area contributed by atoms with Gasteiger partial charge in [0.25, 0.3) is 0 Å². The van der Waals surface area contributed by atoms with Crippen LogP contribution in [0.15, 0.2) is 48.5 Å². The third-order valence-electron chi connectivity index (χ3n) is 9.57. The van der Waals surface area contributed by atoms with Crippen LogP contribution in [0.1, 0.15) is 74.8 Å². The number of carboxylic acid groups (broad SMARTS) is 1. The van der Waals surface area contributed by atoms with E-state index < -0.39 is 12.1 Å². The van der Waals surface area contributed by atoms with Crippen molar-refractivity contribution in [3.05, 3.63) is 59.7 Å². The molecule has 222 valence electrons. The lowest BCUT2D eigenvalue weighted by Gasteiger charge is -2.53. The number of quaternary nitrogens is 1. The Morgan fingerprint density at radius 1 is 0.902 bits per heavy atom. The molecule has 4 aliphatic heterocycles. The van der Waals surface area contributed by atoms with E-state index in [1.165, 1.54) is 81.9 Å². The number of aliphatic carboxylic acids is 1. The first-order valence-electron chi connectivity index (χ1n) is 14.9. The fraction of sp³-hybridized carbons (Fsp3) is 0.562. The number of alkyl halides is 3. The molecule has 1 N–H and O–H groups in total. The molecule has 2 aromatic rings. The Morgan fingerprint density at radius 3 is 2.02 bits per heavy atom. The maximum Gasteiger partial charge on any atom is 0.430 e. The number of benzene rings is 2. The second kappa shape index (κ2) is 12.4. The number of rotatable bonds is 6. The number of carbonyl (C=O) groups excluding carboxylic acids is 2. The van der Waals surface area contributed by atoms with Gasteiger partial charge in [0.05, 0.1) is 38.1 Å². The second-order valence-electron chi connectivity index (χ2n) is 12.2. The highest BCUT2D eigenvalue weighted by molar-refractivity contribution is 5.89. The van der Waals surface area contributed by atoms with Crippen molar-refractivity contribution in [2.75, 3.05) is 26.2 Å². The van der Waals surface area contributed by atoms with Gasteiger partial charge in [0.2, 0.25) is 5.91 Å². The number of carbonyl (C=O) groups is 2. The van der Waals surface area contributed by atoms with E-state index in [4.69, 9.17) is 14.6 Å². The monoisotopic (exact) mass is 572 g/mol. The van der Waals surface area contributed by atoms with E-state index in [0.717, 1.165) is 35.1 Å². The predicted molar refractivity (Wildman–Crippen MR) is 146 cm³/mol. The first kappa shape index (κ1) is 29.4. The second-order valence-corrected chi connectivity index (χ2v) is 12.2. The predicted octanol–water partition coefficient (Wildman–Crippen LogP) is 5.31. The van der Waals surface area contributed by atoms with Gasteiger partial charge in [0, 0.05) is 24.0 Å². The van der Waals surface area contributed by atoms with Crippen LogP contribution < -0.4 is 15.2 Å². The zero-order valence-electron chi connectivity index (χ0n) is 23.3. The van der Waals surface area contributed by atoms with Crippen LogP contribution in [0, 0.1) is 11.8 Å². The van der Waals surface area contributed by atoms with Gasteiger partial charge in [-0.25, -0.2) is 0 Å². The molecule has 3 saturated heterocycles. The Morgan fingerprint density at radius 2 is 1.46 bits per heavy atom. The summed E-state index contributed by atoms with van der Waals surface area (Å²) in [6.45, 7) is 5.04. The van der Waals surface area contributed by atoms with Gasteiger partial charge < -0.3 is 24.4 Å². The first-order valence-corrected chi connectivity index (χ1v) is 14.9. The lowest BCUT2D eigenvalue weighted by molar-refractivity contribution is -0.944. The zero-order chi connectivity index (χ0) is 29.0. The Balaban J connectivity index is 0.000000431. The number of hydrogen-bond acceptors (Lipinski definition) is 4. The number of fused-ring (bicyclic) bond motifs is 5. The van der Waals surface area contributed by atoms with E-state index in [2.05, 4.69) is 5.32 Å². The van der Waals surface area contributed by atoms with Crippen molar-refractivity contribution < 1.29 is 37.1 Å². The van der Waals surface area contributed by atoms with Crippen molar-refractivity contribution in [2.45, 2.75) is 75.9 Å². The molecule has 41 heavy (non-hydrogen) atoms. The molecule has 1 atom stereocenters. The molecular formula is C32H39F3N2O4. The van der Waals surface area contributed by atoms with Crippen LogP contribution in [0.5, 0.6) is 11.5 Å². The fourth-order valence-electron chi connectivity index (χ4n) is 7.41. The minimum Gasteiger partial charge on any atom is -0.542 e. The molecule has 6 nitrogen and oxygen atoms in total. The van der Waals surface area contributed by atoms with Crippen LogP contribution in [0.3, 0.4) is 0 Å². The maximum atomic E-state index is 13.8. The Labute approximate surface area is 239 Å². The average molecular weight is 573 g/mol. The highest BCUT2D eigenvalue weighted by Crippen LogP contribution is 2.44. The van der Waals surface area contributed by atoms with Crippen LogP contribution >= 0.6 is 0 Å². The summed E-state index contributed by atoms with van der Waals surface area (Å²) in [5.41, 5.74) is 1.97. The molecule has 0 unspecified atom stereocenters. The van der Waals surface area contributed by atoms with Crippen LogP contribution in [0.2, 0.25) is 0 Å². The number of carboxylic acids is 1. The topological polar surface area (TPSA) is 78.5 Å². The minimum atomic E-state index is -5.19. The average Bonchev–Trinajstić information content (AvgIpc) is 2.96. The standard InChI is InChI=1S/C30H38N2O2.C2HF3O2/c33-30(29-24-12-4-6-14-27(24)34-28-15-7-5-13-25(28)29)31-26-21-32(19-16-23(26)17-20-32)18-8-11-22-9-2-1-3-10-22;3-2(4,5)1(6)7/h4-7,12-15,22-23,26,29H,1-3,8-11,16-21H2;(H,6,7)/t23?,26-,32?;/m1./s1. The SMILES string of the molecule is O=C(N[C@@H]1C[N+]2(CCCC3CCCCC3)CCC1CC2)C1c2ccccc2Oc2ccccc21.O=C([O-])C(F)(F)F. The smallest absolute Gasteiger partial charge is 0.430 e. The third kappa shape index (κ3) is 6.88. The minimum absolute atomic E-state index is 0.141. The van der Waals surface area contributed by atoms with E-state index in [0.29, 0.717) is 12.0 Å². The van der Waals surface area contributed by atoms with Gasteiger partial charge in [-0.05, 0) is 36.8 Å². The number of nitrogens with zero attached hydrogens (tertiary/aromatic N) is 1. The molecule has 1 saturated carbocycles. The number of halogens is 3. The van der Waals surface area contributed by atoms with Gasteiger partial charge in [-0.3, -0.25) is 4.79 Å². The summed E-state index contributed by atoms with van der Waals surface area (Å²) in [5, 5.41) is 12.3. The lowest BCUT2D eigenvalue weighted by Crippen LogP contribution is -2.67. The van der Waals surface area contributed by atoms with Crippen molar-refractivity contribution in [3.63, 3.8) is 0 Å². The molecule has 1 amide bonds. The maximum absolute atomic E-state index is 13.8. The summed E-state index contributed by atoms with van der Waals surface area (Å²) in [6.07, 6.45) is 7.33. The number of para-hydroxylation sites is 2. The van der Waals surface area contributed by atoms with Crippen molar-refractivity contribution in [1.29, 1.82) is 0 Å². The highest BCUT2D eigenvalue weighted by Gasteiger charge is 2.47. The van der Waals surface area contributed by atoms with E-state index in [1.807, 2.05) is 48.5 Å². The Kier molecular flexibility index (Phi) is 8.92. The Bertz CT molecular complexity index is 1170. The number of nitrogens with one attached hydrogen (secondary N) is 1. The van der Waals surface area contributed by atoms with Crippen molar-refractivity contribution in [1.82, 2.24) is 5.32 Å². The van der Waals surface area contributed by atoms with Crippen LogP contribution in [0.4, 0.5) is 13.2 Å². The molecule has 9 heteroatoms. The molecule has 4 fully saturated rings. The van der Waals surface area contributed by atoms with Gasteiger partial charge >= 0.3 is 6.18 Å². The zero-order valence-corrected chi connectivity index (χ0v) is 23.3. The third-order valence-corrected chi connectivity index (χ3v) is 9.57. The molecule has 2 aromatic carbocycles. The van der Waals surface area contributed by atoms with E-state index in [-0.39, 0.29) is 11.8 Å².